The molecule has 1 saturated carbocycles. The van der Waals surface area contributed by atoms with Crippen LogP contribution in [0.15, 0.2) is 12.4 Å². The summed E-state index contributed by atoms with van der Waals surface area (Å²) in [6.45, 7) is 1.36. The topological polar surface area (TPSA) is 44.5 Å². The Kier molecular flexibility index (Phi) is 5.05. The van der Waals surface area contributed by atoms with E-state index in [2.05, 4.69) is 14.8 Å². The molecule has 1 aliphatic heterocycles. The minimum Gasteiger partial charge on any atom is -0.391 e. The molecular formula is C15H24F2N4O. The first-order valence-electron chi connectivity index (χ1n) is 8.09. The number of imidazole rings is 1. The van der Waals surface area contributed by atoms with E-state index in [1.807, 2.05) is 0 Å². The number of aliphatic hydroxyl groups excluding tert-OH is 1. The fraction of sp³-hybridized carbons (Fsp3) is 0.800. The monoisotopic (exact) mass is 314 g/mol. The van der Waals surface area contributed by atoms with Crippen molar-refractivity contribution in [2.24, 2.45) is 0 Å². The number of piperazine rings is 1. The highest BCUT2D eigenvalue weighted by molar-refractivity contribution is 4.94. The molecule has 1 N–H and O–H groups in total. The number of aromatic nitrogens is 2. The predicted octanol–water partition coefficient (Wildman–Crippen LogP) is 1.70. The first-order chi connectivity index (χ1) is 10.6. The molecule has 1 aromatic heterocycles. The van der Waals surface area contributed by atoms with Gasteiger partial charge in [-0.3, -0.25) is 14.4 Å². The van der Waals surface area contributed by atoms with Crippen LogP contribution in [-0.2, 0) is 6.54 Å². The zero-order valence-electron chi connectivity index (χ0n) is 12.7. The van der Waals surface area contributed by atoms with E-state index in [0.29, 0.717) is 12.4 Å². The van der Waals surface area contributed by atoms with Crippen LogP contribution in [0.1, 0.15) is 38.1 Å². The summed E-state index contributed by atoms with van der Waals surface area (Å²) in [5.41, 5.74) is 0. The molecule has 124 valence electrons. The smallest absolute Gasteiger partial charge is 0.319 e. The largest absolute Gasteiger partial charge is 0.391 e. The Balaban J connectivity index is 1.52. The van der Waals surface area contributed by atoms with Crippen LogP contribution in [0.4, 0.5) is 8.78 Å². The van der Waals surface area contributed by atoms with Crippen molar-refractivity contribution in [2.45, 2.75) is 50.9 Å². The lowest BCUT2D eigenvalue weighted by atomic mass is 9.91. The highest BCUT2D eigenvalue weighted by Crippen LogP contribution is 2.24. The second-order valence-corrected chi connectivity index (χ2v) is 6.26. The summed E-state index contributed by atoms with van der Waals surface area (Å²) in [5, 5.41) is 10.1. The number of rotatable bonds is 4. The van der Waals surface area contributed by atoms with Crippen molar-refractivity contribution in [3.63, 3.8) is 0 Å². The van der Waals surface area contributed by atoms with Gasteiger partial charge < -0.3 is 5.11 Å². The van der Waals surface area contributed by atoms with Crippen LogP contribution in [0, 0.1) is 0 Å². The first-order valence-corrected chi connectivity index (χ1v) is 8.09. The number of hydrogen-bond donors (Lipinski definition) is 1. The third-order valence-electron chi connectivity index (χ3n) is 4.89. The summed E-state index contributed by atoms with van der Waals surface area (Å²) in [6.07, 6.45) is 6.82. The Morgan fingerprint density at radius 2 is 1.91 bits per heavy atom. The summed E-state index contributed by atoms with van der Waals surface area (Å²) in [4.78, 5) is 8.56. The Bertz CT molecular complexity index is 474. The van der Waals surface area contributed by atoms with Gasteiger partial charge in [0.05, 0.1) is 12.6 Å². The normalized spacial score (nSPS) is 28.4. The summed E-state index contributed by atoms with van der Waals surface area (Å²) in [6, 6.07) is 0.277. The van der Waals surface area contributed by atoms with Gasteiger partial charge in [-0.05, 0) is 12.8 Å². The van der Waals surface area contributed by atoms with Gasteiger partial charge in [-0.2, -0.15) is 8.78 Å². The standard InChI is InChI=1S/C15H24F2N4O/c16-15(17)21-6-5-18-14(21)11-19-7-9-20(10-8-19)12-3-1-2-4-13(12)22/h5-6,12-13,15,22H,1-4,7-11H2. The molecule has 0 aromatic carbocycles. The maximum Gasteiger partial charge on any atom is 0.319 e. The third kappa shape index (κ3) is 3.47. The number of aliphatic hydroxyl groups is 1. The molecule has 0 amide bonds. The van der Waals surface area contributed by atoms with Gasteiger partial charge in [-0.25, -0.2) is 4.98 Å². The molecule has 0 spiro atoms. The van der Waals surface area contributed by atoms with Crippen LogP contribution in [0.25, 0.3) is 0 Å². The number of hydrogen-bond acceptors (Lipinski definition) is 4. The van der Waals surface area contributed by atoms with Crippen LogP contribution in [0.2, 0.25) is 0 Å². The van der Waals surface area contributed by atoms with Crippen LogP contribution < -0.4 is 0 Å². The third-order valence-corrected chi connectivity index (χ3v) is 4.89. The van der Waals surface area contributed by atoms with Gasteiger partial charge in [0.1, 0.15) is 5.82 Å². The Labute approximate surface area is 129 Å². The second kappa shape index (κ2) is 7.02. The molecule has 1 aromatic rings. The zero-order valence-corrected chi connectivity index (χ0v) is 12.7. The molecule has 5 nitrogen and oxygen atoms in total. The molecule has 2 heterocycles. The summed E-state index contributed by atoms with van der Waals surface area (Å²) in [7, 11) is 0. The molecule has 22 heavy (non-hydrogen) atoms. The maximum absolute atomic E-state index is 12.8. The molecule has 2 unspecified atom stereocenters. The summed E-state index contributed by atoms with van der Waals surface area (Å²) >= 11 is 0. The predicted molar refractivity (Wildman–Crippen MR) is 78.6 cm³/mol. The van der Waals surface area contributed by atoms with Gasteiger partial charge in [0.25, 0.3) is 0 Å². The summed E-state index contributed by atoms with van der Waals surface area (Å²) in [5.74, 6) is 0.418. The van der Waals surface area contributed by atoms with Gasteiger partial charge in [0.15, 0.2) is 0 Å². The average molecular weight is 314 g/mol. The molecule has 2 aliphatic rings. The van der Waals surface area contributed by atoms with Crippen LogP contribution in [0.5, 0.6) is 0 Å². The van der Waals surface area contributed by atoms with Crippen molar-refractivity contribution >= 4 is 0 Å². The van der Waals surface area contributed by atoms with Crippen molar-refractivity contribution in [1.29, 1.82) is 0 Å². The van der Waals surface area contributed by atoms with Crippen molar-refractivity contribution in [3.05, 3.63) is 18.2 Å². The van der Waals surface area contributed by atoms with Gasteiger partial charge >= 0.3 is 6.55 Å². The van der Waals surface area contributed by atoms with E-state index in [9.17, 15) is 13.9 Å². The SMILES string of the molecule is OC1CCCCC1N1CCN(Cc2nccn2C(F)F)CC1. The molecule has 1 saturated heterocycles. The lowest BCUT2D eigenvalue weighted by Crippen LogP contribution is -2.54. The van der Waals surface area contributed by atoms with E-state index in [1.54, 1.807) is 0 Å². The Morgan fingerprint density at radius 1 is 1.18 bits per heavy atom. The van der Waals surface area contributed by atoms with Crippen LogP contribution in [0.3, 0.4) is 0 Å². The molecule has 0 radical (unpaired) electrons. The Hall–Kier alpha value is -1.05. The molecule has 0 bridgehead atoms. The van der Waals surface area contributed by atoms with E-state index >= 15 is 0 Å². The van der Waals surface area contributed by atoms with Crippen LogP contribution >= 0.6 is 0 Å². The van der Waals surface area contributed by atoms with Gasteiger partial charge in [0, 0.05) is 44.6 Å². The van der Waals surface area contributed by atoms with E-state index in [0.717, 1.165) is 50.0 Å². The number of nitrogens with zero attached hydrogens (tertiary/aromatic N) is 4. The molecule has 7 heteroatoms. The number of alkyl halides is 2. The van der Waals surface area contributed by atoms with E-state index in [-0.39, 0.29) is 12.1 Å². The summed E-state index contributed by atoms with van der Waals surface area (Å²) < 4.78 is 26.6. The van der Waals surface area contributed by atoms with Crippen molar-refractivity contribution in [3.8, 4) is 0 Å². The van der Waals surface area contributed by atoms with Gasteiger partial charge in [-0.1, -0.05) is 12.8 Å². The van der Waals surface area contributed by atoms with Crippen molar-refractivity contribution < 1.29 is 13.9 Å². The van der Waals surface area contributed by atoms with Crippen LogP contribution in [-0.4, -0.2) is 62.8 Å². The van der Waals surface area contributed by atoms with Gasteiger partial charge in [0.2, 0.25) is 0 Å². The fourth-order valence-corrected chi connectivity index (χ4v) is 3.61. The zero-order chi connectivity index (χ0) is 15.5. The minimum atomic E-state index is -2.53. The second-order valence-electron chi connectivity index (χ2n) is 6.26. The van der Waals surface area contributed by atoms with Gasteiger partial charge in [-0.15, -0.1) is 0 Å². The lowest BCUT2D eigenvalue weighted by molar-refractivity contribution is -0.00617. The van der Waals surface area contributed by atoms with E-state index in [1.165, 1.54) is 18.8 Å². The Morgan fingerprint density at radius 3 is 2.59 bits per heavy atom. The molecule has 1 aliphatic carbocycles. The number of halogens is 2. The lowest BCUT2D eigenvalue weighted by Gasteiger charge is -2.42. The fourth-order valence-electron chi connectivity index (χ4n) is 3.61. The van der Waals surface area contributed by atoms with Crippen molar-refractivity contribution in [2.75, 3.05) is 26.2 Å². The molecule has 2 fully saturated rings. The molecule has 2 atom stereocenters. The van der Waals surface area contributed by atoms with Crippen molar-refractivity contribution in [1.82, 2.24) is 19.4 Å². The highest BCUT2D eigenvalue weighted by Gasteiger charge is 2.31. The minimum absolute atomic E-state index is 0.210. The average Bonchev–Trinajstić information content (AvgIpc) is 2.97. The quantitative estimate of drug-likeness (QED) is 0.919. The molecule has 3 rings (SSSR count). The van der Waals surface area contributed by atoms with E-state index in [4.69, 9.17) is 0 Å². The highest BCUT2D eigenvalue weighted by atomic mass is 19.3. The first kappa shape index (κ1) is 15.8. The van der Waals surface area contributed by atoms with E-state index < -0.39 is 6.55 Å². The maximum atomic E-state index is 12.8. The molecular weight excluding hydrogens is 290 g/mol.